The van der Waals surface area contributed by atoms with E-state index in [-0.39, 0.29) is 5.72 Å². The fourth-order valence-electron chi connectivity index (χ4n) is 11.8. The smallest absolute Gasteiger partial charge is 0.122 e. The molecule has 2 aliphatic heterocycles. The van der Waals surface area contributed by atoms with E-state index in [2.05, 4.69) is 49.6 Å². The second-order valence-corrected chi connectivity index (χ2v) is 16.0. The predicted molar refractivity (Wildman–Crippen MR) is 166 cm³/mol. The number of ether oxygens (including phenoxy) is 1. The molecule has 12 atom stereocenters. The molecule has 0 aromatic carbocycles. The molecule has 4 aliphatic carbocycles. The number of rotatable bonds is 9. The second-order valence-electron chi connectivity index (χ2n) is 16.0. The van der Waals surface area contributed by atoms with Gasteiger partial charge in [0.1, 0.15) is 5.72 Å². The van der Waals surface area contributed by atoms with E-state index in [9.17, 15) is 0 Å². The van der Waals surface area contributed by atoms with Gasteiger partial charge in [0.2, 0.25) is 0 Å². The van der Waals surface area contributed by atoms with Gasteiger partial charge >= 0.3 is 0 Å². The Labute approximate surface area is 246 Å². The van der Waals surface area contributed by atoms with Crippen LogP contribution in [-0.2, 0) is 4.74 Å². The van der Waals surface area contributed by atoms with E-state index in [0.717, 1.165) is 54.6 Å². The molecule has 4 nitrogen and oxygen atoms in total. The summed E-state index contributed by atoms with van der Waals surface area (Å²) >= 11 is 0. The average Bonchev–Trinajstić information content (AvgIpc) is 3.39. The van der Waals surface area contributed by atoms with Gasteiger partial charge in [0, 0.05) is 18.5 Å². The third-order valence-electron chi connectivity index (χ3n) is 14.1. The van der Waals surface area contributed by atoms with Gasteiger partial charge in [-0.05, 0) is 136 Å². The van der Waals surface area contributed by atoms with Crippen molar-refractivity contribution in [1.82, 2.24) is 16.0 Å². The molecular weight excluding hydrogens is 490 g/mol. The summed E-state index contributed by atoms with van der Waals surface area (Å²) in [5, 5.41) is 11.2. The maximum Gasteiger partial charge on any atom is 0.122 e. The standard InChI is InChI=1S/C36H61N3O/c1-6-19-37-20-9-7-8-10-21-38-28-14-16-34(4)27(22-28)11-12-29-30(34)15-17-35(5)31(29)23-32-33(35)26(3)36(40-32)18-13-25(2)24-39-36/h1,25-33,37-39H,7-24H2,2-5H3/t25-,26-,27-,28?,29+,30-,31-,32-,33-,34-,35-,36-/m0/s1. The van der Waals surface area contributed by atoms with Crippen LogP contribution in [0.25, 0.3) is 0 Å². The minimum Gasteiger partial charge on any atom is -0.357 e. The largest absolute Gasteiger partial charge is 0.357 e. The Morgan fingerprint density at radius 3 is 2.45 bits per heavy atom. The van der Waals surface area contributed by atoms with Crippen molar-refractivity contribution in [2.45, 2.75) is 135 Å². The average molecular weight is 552 g/mol. The van der Waals surface area contributed by atoms with E-state index in [1.807, 2.05) is 0 Å². The summed E-state index contributed by atoms with van der Waals surface area (Å²) in [5.41, 5.74) is 1.03. The summed E-state index contributed by atoms with van der Waals surface area (Å²) in [5.74, 6) is 8.56. The zero-order chi connectivity index (χ0) is 28.0. The van der Waals surface area contributed by atoms with Crippen LogP contribution in [-0.4, -0.2) is 44.0 Å². The Kier molecular flexibility index (Phi) is 8.71. The fourth-order valence-corrected chi connectivity index (χ4v) is 11.8. The first-order chi connectivity index (χ1) is 19.3. The molecule has 6 fully saturated rings. The van der Waals surface area contributed by atoms with Crippen LogP contribution in [0.5, 0.6) is 0 Å². The lowest BCUT2D eigenvalue weighted by Crippen LogP contribution is -2.58. The molecule has 6 aliphatic rings. The number of unbranched alkanes of at least 4 members (excludes halogenated alkanes) is 3. The number of hydrogen-bond donors (Lipinski definition) is 3. The van der Waals surface area contributed by atoms with Crippen LogP contribution in [0.3, 0.4) is 0 Å². The monoisotopic (exact) mass is 551 g/mol. The molecule has 0 bridgehead atoms. The van der Waals surface area contributed by atoms with Gasteiger partial charge in [-0.15, -0.1) is 6.42 Å². The van der Waals surface area contributed by atoms with Crippen molar-refractivity contribution in [1.29, 1.82) is 0 Å². The molecule has 0 amide bonds. The Bertz CT molecular complexity index is 906. The molecule has 40 heavy (non-hydrogen) atoms. The van der Waals surface area contributed by atoms with Gasteiger partial charge in [-0.1, -0.05) is 46.5 Å². The summed E-state index contributed by atoms with van der Waals surface area (Å²) in [6.07, 6.45) is 25.1. The zero-order valence-electron chi connectivity index (χ0n) is 26.4. The molecule has 0 aromatic heterocycles. The summed E-state index contributed by atoms with van der Waals surface area (Å²) in [4.78, 5) is 0. The number of nitrogens with one attached hydrogen (secondary N) is 3. The van der Waals surface area contributed by atoms with Gasteiger partial charge < -0.3 is 15.4 Å². The van der Waals surface area contributed by atoms with Crippen molar-refractivity contribution >= 4 is 0 Å². The van der Waals surface area contributed by atoms with E-state index in [0.29, 0.717) is 29.4 Å². The first kappa shape index (κ1) is 29.5. The van der Waals surface area contributed by atoms with Crippen LogP contribution in [0.4, 0.5) is 0 Å². The summed E-state index contributed by atoms with van der Waals surface area (Å²) in [6, 6.07) is 0.753. The Balaban J connectivity index is 1.01. The lowest BCUT2D eigenvalue weighted by Gasteiger charge is -2.61. The van der Waals surface area contributed by atoms with E-state index in [1.54, 1.807) is 0 Å². The topological polar surface area (TPSA) is 45.3 Å². The van der Waals surface area contributed by atoms with E-state index in [1.165, 1.54) is 96.4 Å². The lowest BCUT2D eigenvalue weighted by molar-refractivity contribution is -0.134. The molecule has 2 saturated heterocycles. The van der Waals surface area contributed by atoms with Gasteiger partial charge in [-0.25, -0.2) is 0 Å². The predicted octanol–water partition coefficient (Wildman–Crippen LogP) is 6.75. The Morgan fingerprint density at radius 1 is 0.875 bits per heavy atom. The highest BCUT2D eigenvalue weighted by Crippen LogP contribution is 2.71. The Morgan fingerprint density at radius 2 is 1.68 bits per heavy atom. The third-order valence-corrected chi connectivity index (χ3v) is 14.1. The Hall–Kier alpha value is -0.600. The fraction of sp³-hybridized carbons (Fsp3) is 0.944. The van der Waals surface area contributed by atoms with Crippen molar-refractivity contribution in [3.05, 3.63) is 0 Å². The normalized spacial score (nSPS) is 49.6. The van der Waals surface area contributed by atoms with E-state index in [4.69, 9.17) is 11.2 Å². The molecule has 4 heteroatoms. The molecule has 4 saturated carbocycles. The van der Waals surface area contributed by atoms with Crippen LogP contribution in [0.15, 0.2) is 0 Å². The van der Waals surface area contributed by atoms with E-state index < -0.39 is 0 Å². The SMILES string of the molecule is C#CCNCCCCCCNC1CC[C@@]2(C)[C@@H](CC[C@@H]3[C@@H]2CC[C@]2(C)[C@@H]4[C@H](C[C@@H]32)O[C@@]2(CC[C@H](C)CN2)[C@H]4C)C1. The van der Waals surface area contributed by atoms with Gasteiger partial charge in [-0.3, -0.25) is 5.32 Å². The molecule has 1 spiro atoms. The first-order valence-electron chi connectivity index (χ1n) is 17.6. The molecule has 3 N–H and O–H groups in total. The van der Waals surface area contributed by atoms with Gasteiger partial charge in [0.05, 0.1) is 12.6 Å². The number of fused-ring (bicyclic) bond motifs is 7. The molecule has 6 rings (SSSR count). The van der Waals surface area contributed by atoms with Gasteiger partial charge in [0.25, 0.3) is 0 Å². The number of piperidine rings is 1. The van der Waals surface area contributed by atoms with Gasteiger partial charge in [0.15, 0.2) is 0 Å². The van der Waals surface area contributed by atoms with E-state index >= 15 is 0 Å². The van der Waals surface area contributed by atoms with Crippen LogP contribution in [0.2, 0.25) is 0 Å². The first-order valence-corrected chi connectivity index (χ1v) is 17.6. The summed E-state index contributed by atoms with van der Waals surface area (Å²) < 4.78 is 7.11. The minimum atomic E-state index is -0.0267. The second kappa shape index (κ2) is 11.8. The zero-order valence-corrected chi connectivity index (χ0v) is 26.4. The van der Waals surface area contributed by atoms with Crippen LogP contribution >= 0.6 is 0 Å². The van der Waals surface area contributed by atoms with Crippen molar-refractivity contribution in [2.24, 2.45) is 52.3 Å². The summed E-state index contributed by atoms with van der Waals surface area (Å²) in [7, 11) is 0. The highest BCUT2D eigenvalue weighted by atomic mass is 16.5. The van der Waals surface area contributed by atoms with Crippen molar-refractivity contribution in [3.63, 3.8) is 0 Å². The maximum atomic E-state index is 7.11. The summed E-state index contributed by atoms with van der Waals surface area (Å²) in [6.45, 7) is 14.5. The van der Waals surface area contributed by atoms with Crippen molar-refractivity contribution in [2.75, 3.05) is 26.2 Å². The number of hydrogen-bond acceptors (Lipinski definition) is 4. The van der Waals surface area contributed by atoms with Crippen LogP contribution < -0.4 is 16.0 Å². The highest BCUT2D eigenvalue weighted by molar-refractivity contribution is 5.16. The molecule has 0 radical (unpaired) electrons. The minimum absolute atomic E-state index is 0.0267. The maximum absolute atomic E-state index is 7.11. The van der Waals surface area contributed by atoms with Crippen LogP contribution in [0.1, 0.15) is 118 Å². The molecule has 226 valence electrons. The van der Waals surface area contributed by atoms with Crippen LogP contribution in [0, 0.1) is 64.6 Å². The van der Waals surface area contributed by atoms with Crippen molar-refractivity contribution < 1.29 is 4.74 Å². The number of terminal acetylenes is 1. The highest BCUT2D eigenvalue weighted by Gasteiger charge is 2.68. The molecule has 0 aromatic rings. The van der Waals surface area contributed by atoms with Crippen molar-refractivity contribution in [3.8, 4) is 12.3 Å². The third kappa shape index (κ3) is 5.12. The quantitative estimate of drug-likeness (QED) is 0.219. The lowest BCUT2D eigenvalue weighted by atomic mass is 9.44. The molecule has 1 unspecified atom stereocenters. The van der Waals surface area contributed by atoms with Gasteiger partial charge in [-0.2, -0.15) is 0 Å². The molecule has 2 heterocycles. The molecular formula is C36H61N3O.